The number of aliphatic carboxylic acids is 1. The lowest BCUT2D eigenvalue weighted by molar-refractivity contribution is -0.192. The van der Waals surface area contributed by atoms with Crippen LogP contribution in [0.2, 0.25) is 0 Å². The molecule has 0 saturated heterocycles. The number of hydrogen-bond donors (Lipinski definition) is 3. The molecule has 0 unspecified atom stereocenters. The monoisotopic (exact) mass is 567 g/mol. The van der Waals surface area contributed by atoms with Crippen LogP contribution in [0.25, 0.3) is 0 Å². The van der Waals surface area contributed by atoms with Crippen LogP contribution in [0.5, 0.6) is 0 Å². The summed E-state index contributed by atoms with van der Waals surface area (Å²) in [6.45, 7) is 4.24. The zero-order chi connectivity index (χ0) is 29.4. The third-order valence-corrected chi connectivity index (χ3v) is 6.46. The van der Waals surface area contributed by atoms with E-state index in [1.807, 2.05) is 37.3 Å². The fourth-order valence-electron chi connectivity index (χ4n) is 3.15. The Morgan fingerprint density at radius 2 is 1.56 bits per heavy atom. The summed E-state index contributed by atoms with van der Waals surface area (Å²) in [5.41, 5.74) is 1.29. The van der Waals surface area contributed by atoms with Crippen molar-refractivity contribution in [3.05, 3.63) is 83.6 Å². The van der Waals surface area contributed by atoms with Gasteiger partial charge in [0.25, 0.3) is 10.0 Å². The average Bonchev–Trinajstić information content (AvgIpc) is 2.87. The number of carbonyl (C=O) groups is 3. The van der Waals surface area contributed by atoms with Crippen LogP contribution in [0.15, 0.2) is 71.8 Å². The van der Waals surface area contributed by atoms with Crippen molar-refractivity contribution in [3.8, 4) is 0 Å². The Kier molecular flexibility index (Phi) is 10.1. The number of nitrogens with one attached hydrogen (secondary N) is 1. The van der Waals surface area contributed by atoms with Gasteiger partial charge in [-0.2, -0.15) is 13.2 Å². The van der Waals surface area contributed by atoms with Gasteiger partial charge < -0.3 is 15.1 Å². The number of nitrogens with zero attached hydrogens (tertiary/aromatic N) is 2. The van der Waals surface area contributed by atoms with E-state index < -0.39 is 28.1 Å². The molecule has 0 aliphatic carbocycles. The molecule has 0 spiro atoms. The summed E-state index contributed by atoms with van der Waals surface area (Å²) >= 11 is 0. The minimum atomic E-state index is -5.08. The van der Waals surface area contributed by atoms with E-state index in [2.05, 4.69) is 9.71 Å². The summed E-state index contributed by atoms with van der Waals surface area (Å²) in [7, 11) is -3.99. The summed E-state index contributed by atoms with van der Waals surface area (Å²) in [4.78, 5) is 38.2. The van der Waals surface area contributed by atoms with Crippen LogP contribution in [0.3, 0.4) is 0 Å². The minimum Gasteiger partial charge on any atom is -0.478 e. The lowest BCUT2D eigenvalue weighted by Gasteiger charge is -2.24. The molecule has 208 valence electrons. The second kappa shape index (κ2) is 12.9. The van der Waals surface area contributed by atoms with Gasteiger partial charge in [-0.25, -0.2) is 23.0 Å². The predicted octanol–water partition coefficient (Wildman–Crippen LogP) is 4.44. The van der Waals surface area contributed by atoms with Crippen LogP contribution in [0.4, 0.5) is 24.7 Å². The Balaban J connectivity index is 0.000000673. The first kappa shape index (κ1) is 30.8. The molecule has 0 saturated carbocycles. The molecule has 14 heteroatoms. The number of Topliss-reactive ketones (excluding diaryl/α,β-unsaturated/α-hetero) is 1. The van der Waals surface area contributed by atoms with Gasteiger partial charge in [-0.15, -0.1) is 0 Å². The number of ketones is 1. The number of carboxylic acid groups (broad SMARTS) is 2. The maximum atomic E-state index is 12.7. The Morgan fingerprint density at radius 3 is 2.03 bits per heavy atom. The van der Waals surface area contributed by atoms with E-state index in [1.54, 1.807) is 4.90 Å². The van der Waals surface area contributed by atoms with Gasteiger partial charge in [-0.3, -0.25) is 9.52 Å². The SMILES string of the molecule is CCN(Cc1ccccc1)c1ncc(NS(=O)(=O)c2ccc(C(C)=O)cc2)cc1C(=O)O.O=C(O)C(F)(F)F. The molecule has 0 atom stereocenters. The number of hydrogen-bond acceptors (Lipinski definition) is 7. The van der Waals surface area contributed by atoms with Crippen molar-refractivity contribution in [2.45, 2.75) is 31.5 Å². The molecule has 0 radical (unpaired) electrons. The van der Waals surface area contributed by atoms with Crippen molar-refractivity contribution in [2.75, 3.05) is 16.2 Å². The highest BCUT2D eigenvalue weighted by molar-refractivity contribution is 7.92. The van der Waals surface area contributed by atoms with Crippen LogP contribution in [0.1, 0.15) is 40.1 Å². The third kappa shape index (κ3) is 8.81. The molecule has 39 heavy (non-hydrogen) atoms. The van der Waals surface area contributed by atoms with Gasteiger partial charge in [0.05, 0.1) is 16.8 Å². The molecular weight excluding hydrogens is 543 g/mol. The fraction of sp³-hybridized carbons (Fsp3) is 0.200. The number of sulfonamides is 1. The number of carbonyl (C=O) groups excluding carboxylic acids is 1. The quantitative estimate of drug-likeness (QED) is 0.318. The van der Waals surface area contributed by atoms with Crippen molar-refractivity contribution in [3.63, 3.8) is 0 Å². The lowest BCUT2D eigenvalue weighted by Crippen LogP contribution is -2.25. The molecule has 3 N–H and O–H groups in total. The molecule has 10 nitrogen and oxygen atoms in total. The summed E-state index contributed by atoms with van der Waals surface area (Å²) in [6.07, 6.45) is -3.79. The van der Waals surface area contributed by atoms with Crippen LogP contribution >= 0.6 is 0 Å². The van der Waals surface area contributed by atoms with Crippen molar-refractivity contribution >= 4 is 39.3 Å². The molecule has 0 aliphatic rings. The standard InChI is InChI=1S/C23H23N3O5S.C2HF3O2/c1-3-26(15-17-7-5-4-6-8-17)22-21(23(28)29)13-19(14-24-22)25-32(30,31)20-11-9-18(10-12-20)16(2)27;3-2(4,5)1(6)7/h4-14,25H,3,15H2,1-2H3,(H,28,29);(H,6,7). The van der Waals surface area contributed by atoms with E-state index in [9.17, 15) is 36.3 Å². The Labute approximate surface area is 221 Å². The first-order valence-electron chi connectivity index (χ1n) is 11.1. The number of alkyl halides is 3. The highest BCUT2D eigenvalue weighted by Crippen LogP contribution is 2.25. The van der Waals surface area contributed by atoms with Gasteiger partial charge in [-0.1, -0.05) is 42.5 Å². The number of rotatable bonds is 9. The normalized spacial score (nSPS) is 11.1. The maximum absolute atomic E-state index is 12.7. The van der Waals surface area contributed by atoms with Crippen molar-refractivity contribution in [2.24, 2.45) is 0 Å². The van der Waals surface area contributed by atoms with E-state index in [-0.39, 0.29) is 27.7 Å². The molecule has 0 aliphatic heterocycles. The molecule has 1 aromatic heterocycles. The highest BCUT2D eigenvalue weighted by atomic mass is 32.2. The molecule has 3 aromatic rings. The highest BCUT2D eigenvalue weighted by Gasteiger charge is 2.38. The molecule has 0 amide bonds. The second-order valence-electron chi connectivity index (χ2n) is 7.89. The molecule has 3 rings (SSSR count). The van der Waals surface area contributed by atoms with E-state index in [1.165, 1.54) is 43.5 Å². The molecule has 0 bridgehead atoms. The van der Waals surface area contributed by atoms with Gasteiger partial charge in [0.1, 0.15) is 11.4 Å². The summed E-state index contributed by atoms with van der Waals surface area (Å²) in [5, 5.41) is 16.8. The third-order valence-electron chi connectivity index (χ3n) is 5.06. The van der Waals surface area contributed by atoms with Crippen molar-refractivity contribution in [1.29, 1.82) is 0 Å². The number of anilines is 2. The lowest BCUT2D eigenvalue weighted by atomic mass is 10.2. The summed E-state index contributed by atoms with van der Waals surface area (Å²) in [5.74, 6) is -3.90. The number of carboxylic acids is 2. The van der Waals surface area contributed by atoms with Crippen LogP contribution in [-0.2, 0) is 21.4 Å². The number of halogens is 3. The van der Waals surface area contributed by atoms with Crippen LogP contribution < -0.4 is 9.62 Å². The largest absolute Gasteiger partial charge is 0.490 e. The maximum Gasteiger partial charge on any atom is 0.490 e. The van der Waals surface area contributed by atoms with Crippen LogP contribution in [0, 0.1) is 0 Å². The van der Waals surface area contributed by atoms with Gasteiger partial charge in [0, 0.05) is 18.7 Å². The van der Waals surface area contributed by atoms with Gasteiger partial charge in [-0.05, 0) is 37.6 Å². The molecule has 0 fully saturated rings. The zero-order valence-electron chi connectivity index (χ0n) is 20.6. The number of aromatic nitrogens is 1. The first-order valence-corrected chi connectivity index (χ1v) is 12.6. The van der Waals surface area contributed by atoms with E-state index in [0.29, 0.717) is 18.7 Å². The van der Waals surface area contributed by atoms with E-state index in [0.717, 1.165) is 5.56 Å². The topological polar surface area (TPSA) is 154 Å². The van der Waals surface area contributed by atoms with Gasteiger partial charge in [0.15, 0.2) is 5.78 Å². The van der Waals surface area contributed by atoms with Crippen molar-refractivity contribution in [1.82, 2.24) is 4.98 Å². The summed E-state index contributed by atoms with van der Waals surface area (Å²) in [6, 6.07) is 16.3. The smallest absolute Gasteiger partial charge is 0.478 e. The van der Waals surface area contributed by atoms with E-state index in [4.69, 9.17) is 9.90 Å². The molecule has 2 aromatic carbocycles. The predicted molar refractivity (Wildman–Crippen MR) is 135 cm³/mol. The number of benzene rings is 2. The van der Waals surface area contributed by atoms with E-state index >= 15 is 0 Å². The number of aromatic carboxylic acids is 1. The first-order chi connectivity index (χ1) is 18.2. The Bertz CT molecular complexity index is 1430. The fourth-order valence-corrected chi connectivity index (χ4v) is 4.18. The van der Waals surface area contributed by atoms with Gasteiger partial charge >= 0.3 is 18.1 Å². The molecule has 1 heterocycles. The van der Waals surface area contributed by atoms with Crippen molar-refractivity contribution < 1.29 is 46.2 Å². The Morgan fingerprint density at radius 1 is 1.00 bits per heavy atom. The second-order valence-corrected chi connectivity index (χ2v) is 9.57. The zero-order valence-corrected chi connectivity index (χ0v) is 21.5. The number of pyridine rings is 1. The molecular formula is C25H24F3N3O7S. The Hall–Kier alpha value is -4.46. The average molecular weight is 568 g/mol. The van der Waals surface area contributed by atoms with Gasteiger partial charge in [0.2, 0.25) is 0 Å². The summed E-state index contributed by atoms with van der Waals surface area (Å²) < 4.78 is 59.5. The minimum absolute atomic E-state index is 0.0255. The van der Waals surface area contributed by atoms with Crippen LogP contribution in [-0.4, -0.2) is 54.1 Å².